The quantitative estimate of drug-likeness (QED) is 0.0272. The molecular formula is C70H139NO10. The van der Waals surface area contributed by atoms with Crippen molar-refractivity contribution in [3.8, 4) is 0 Å². The lowest BCUT2D eigenvalue weighted by atomic mass is 9.98. The van der Waals surface area contributed by atoms with Gasteiger partial charge in [0.05, 0.1) is 25.4 Å². The number of hydrogen-bond acceptors (Lipinski definition) is 10. The average Bonchev–Trinajstić information content (AvgIpc) is 3.49. The van der Waals surface area contributed by atoms with Crippen molar-refractivity contribution >= 4 is 5.91 Å². The van der Waals surface area contributed by atoms with E-state index in [9.17, 15) is 40.5 Å². The molecule has 1 rings (SSSR count). The van der Waals surface area contributed by atoms with Gasteiger partial charge in [-0.25, -0.2) is 0 Å². The second-order valence-electron chi connectivity index (χ2n) is 25.7. The molecule has 8 N–H and O–H groups in total. The Hall–Kier alpha value is -0.890. The monoisotopic (exact) mass is 1150 g/mol. The Bertz CT molecular complexity index is 1280. The van der Waals surface area contributed by atoms with E-state index in [1.165, 1.54) is 295 Å². The summed E-state index contributed by atoms with van der Waals surface area (Å²) in [6, 6.07) is -1.16. The molecule has 9 unspecified atom stereocenters. The zero-order chi connectivity index (χ0) is 58.9. The number of carbonyl (C=O) groups excluding carboxylic acids is 1. The van der Waals surface area contributed by atoms with E-state index >= 15 is 0 Å². The number of unbranched alkanes of at least 4 members (excludes halogenated alkanes) is 52. The highest BCUT2D eigenvalue weighted by atomic mass is 16.7. The van der Waals surface area contributed by atoms with E-state index in [0.717, 1.165) is 38.5 Å². The first-order chi connectivity index (χ1) is 39.7. The summed E-state index contributed by atoms with van der Waals surface area (Å²) in [6.45, 7) is 3.51. The van der Waals surface area contributed by atoms with E-state index in [1.807, 2.05) is 0 Å². The van der Waals surface area contributed by atoms with E-state index in [-0.39, 0.29) is 6.42 Å². The molecule has 0 spiro atoms. The molecule has 0 aliphatic carbocycles. The molecule has 0 bridgehead atoms. The lowest BCUT2D eigenvalue weighted by Gasteiger charge is -2.40. The van der Waals surface area contributed by atoms with Gasteiger partial charge in [0.25, 0.3) is 0 Å². The van der Waals surface area contributed by atoms with Crippen LogP contribution in [-0.4, -0.2) is 110 Å². The highest BCUT2D eigenvalue weighted by Crippen LogP contribution is 2.24. The third-order valence-electron chi connectivity index (χ3n) is 17.9. The summed E-state index contributed by atoms with van der Waals surface area (Å²) in [5, 5.41) is 76.4. The first-order valence-corrected chi connectivity index (χ1v) is 35.9. The van der Waals surface area contributed by atoms with Gasteiger partial charge < -0.3 is 50.5 Å². The van der Waals surface area contributed by atoms with Gasteiger partial charge in [0.2, 0.25) is 5.91 Å². The standard InChI is InChI=1S/C70H139NO10/c1-3-5-7-9-11-13-15-17-19-21-22-23-24-25-26-27-28-29-30-31-32-33-34-35-36-37-38-39-40-41-42-44-46-48-50-52-54-56-58-63(74)69(79)71-61(60-80-70-68(78)67(77)66(76)64(59-72)81-70)65(75)62(73)57-55-53-51-49-47-45-43-20-18-16-14-12-10-8-6-4-2/h61-68,70,72-78H,3-60H2,1-2H3,(H,71,79). The lowest BCUT2D eigenvalue weighted by molar-refractivity contribution is -0.303. The average molecular weight is 1150 g/mol. The smallest absolute Gasteiger partial charge is 0.249 e. The number of aliphatic hydroxyl groups excluding tert-OH is 7. The first-order valence-electron chi connectivity index (χ1n) is 35.9. The Labute approximate surface area is 500 Å². The van der Waals surface area contributed by atoms with Crippen LogP contribution in [0, 0.1) is 0 Å². The third kappa shape index (κ3) is 46.9. The number of nitrogens with one attached hydrogen (secondary N) is 1. The molecule has 1 aliphatic rings. The van der Waals surface area contributed by atoms with E-state index in [2.05, 4.69) is 19.2 Å². The lowest BCUT2D eigenvalue weighted by Crippen LogP contribution is -2.60. The van der Waals surface area contributed by atoms with Gasteiger partial charge in [-0.15, -0.1) is 0 Å². The zero-order valence-corrected chi connectivity index (χ0v) is 53.6. The normalized spacial score (nSPS) is 19.0. The number of ether oxygens (including phenoxy) is 2. The Kier molecular flexibility index (Phi) is 57.3. The highest BCUT2D eigenvalue weighted by Gasteiger charge is 2.44. The summed E-state index contributed by atoms with van der Waals surface area (Å²) < 4.78 is 11.2. The maximum atomic E-state index is 13.2. The van der Waals surface area contributed by atoms with Crippen LogP contribution in [0.3, 0.4) is 0 Å². The molecule has 0 aromatic carbocycles. The zero-order valence-electron chi connectivity index (χ0n) is 53.6. The summed E-state index contributed by atoms with van der Waals surface area (Å²) >= 11 is 0. The van der Waals surface area contributed by atoms with Crippen LogP contribution in [-0.2, 0) is 14.3 Å². The molecule has 0 saturated carbocycles. The Balaban J connectivity index is 2.08. The second-order valence-corrected chi connectivity index (χ2v) is 25.7. The Morgan fingerprint density at radius 1 is 0.383 bits per heavy atom. The van der Waals surface area contributed by atoms with E-state index in [1.54, 1.807) is 0 Å². The Morgan fingerprint density at radius 2 is 0.642 bits per heavy atom. The molecule has 0 aromatic rings. The largest absolute Gasteiger partial charge is 0.394 e. The van der Waals surface area contributed by atoms with Crippen molar-refractivity contribution in [1.29, 1.82) is 0 Å². The fourth-order valence-electron chi connectivity index (χ4n) is 12.2. The van der Waals surface area contributed by atoms with Crippen molar-refractivity contribution in [1.82, 2.24) is 5.32 Å². The number of rotatable bonds is 64. The maximum absolute atomic E-state index is 13.2. The number of hydrogen-bond donors (Lipinski definition) is 8. The molecule has 1 heterocycles. The molecule has 0 radical (unpaired) electrons. The SMILES string of the molecule is CCCCCCCCCCCCCCCCCCCCCCCCCCCCCCCCCCCCCCCCC(O)C(=O)NC(COC1OC(CO)C(O)C(O)C1O)C(O)C(O)CCCCCCCCCCCCCCCCCC. The molecule has 81 heavy (non-hydrogen) atoms. The van der Waals surface area contributed by atoms with Crippen molar-refractivity contribution < 1.29 is 50.0 Å². The third-order valence-corrected chi connectivity index (χ3v) is 17.9. The van der Waals surface area contributed by atoms with Crippen molar-refractivity contribution in [2.75, 3.05) is 13.2 Å². The molecule has 11 nitrogen and oxygen atoms in total. The molecule has 0 aromatic heterocycles. The predicted molar refractivity (Wildman–Crippen MR) is 340 cm³/mol. The van der Waals surface area contributed by atoms with Crippen LogP contribution in [0.5, 0.6) is 0 Å². The second kappa shape index (κ2) is 59.4. The molecule has 484 valence electrons. The minimum absolute atomic E-state index is 0.268. The van der Waals surface area contributed by atoms with Crippen molar-refractivity contribution in [3.63, 3.8) is 0 Å². The molecular weight excluding hydrogens is 1010 g/mol. The Morgan fingerprint density at radius 3 is 0.914 bits per heavy atom. The first kappa shape index (κ1) is 78.1. The van der Waals surface area contributed by atoms with Crippen LogP contribution in [0.2, 0.25) is 0 Å². The van der Waals surface area contributed by atoms with Gasteiger partial charge in [-0.3, -0.25) is 4.79 Å². The molecule has 1 aliphatic heterocycles. The van der Waals surface area contributed by atoms with Gasteiger partial charge in [0, 0.05) is 0 Å². The summed E-state index contributed by atoms with van der Waals surface area (Å²) in [5.74, 6) is -0.687. The van der Waals surface area contributed by atoms with Crippen molar-refractivity contribution in [2.45, 2.75) is 428 Å². The summed E-state index contributed by atoms with van der Waals surface area (Å²) in [5.41, 5.74) is 0. The molecule has 11 heteroatoms. The van der Waals surface area contributed by atoms with Crippen LogP contribution in [0.4, 0.5) is 0 Å². The van der Waals surface area contributed by atoms with E-state index in [4.69, 9.17) is 9.47 Å². The van der Waals surface area contributed by atoms with Gasteiger partial charge in [-0.05, 0) is 12.8 Å². The van der Waals surface area contributed by atoms with Gasteiger partial charge in [0.15, 0.2) is 6.29 Å². The maximum Gasteiger partial charge on any atom is 0.249 e. The van der Waals surface area contributed by atoms with Gasteiger partial charge >= 0.3 is 0 Å². The predicted octanol–water partition coefficient (Wildman–Crippen LogP) is 17.3. The van der Waals surface area contributed by atoms with Crippen LogP contribution in [0.1, 0.15) is 373 Å². The molecule has 1 amide bonds. The fraction of sp³-hybridized carbons (Fsp3) is 0.986. The van der Waals surface area contributed by atoms with Crippen LogP contribution in [0.25, 0.3) is 0 Å². The van der Waals surface area contributed by atoms with Gasteiger partial charge in [-0.2, -0.15) is 0 Å². The fourth-order valence-corrected chi connectivity index (χ4v) is 12.2. The topological polar surface area (TPSA) is 189 Å². The van der Waals surface area contributed by atoms with Crippen LogP contribution in [0.15, 0.2) is 0 Å². The van der Waals surface area contributed by atoms with E-state index < -0.39 is 74.2 Å². The summed E-state index contributed by atoms with van der Waals surface area (Å²) in [7, 11) is 0. The summed E-state index contributed by atoms with van der Waals surface area (Å²) in [6.07, 6.45) is 60.7. The minimum Gasteiger partial charge on any atom is -0.394 e. The number of amides is 1. The van der Waals surface area contributed by atoms with Crippen molar-refractivity contribution in [3.05, 3.63) is 0 Å². The van der Waals surface area contributed by atoms with Crippen molar-refractivity contribution in [2.24, 2.45) is 0 Å². The van der Waals surface area contributed by atoms with Gasteiger partial charge in [0.1, 0.15) is 36.6 Å². The van der Waals surface area contributed by atoms with Gasteiger partial charge in [-0.1, -0.05) is 361 Å². The van der Waals surface area contributed by atoms with Crippen LogP contribution >= 0.6 is 0 Å². The van der Waals surface area contributed by atoms with Crippen LogP contribution < -0.4 is 5.32 Å². The molecule has 1 saturated heterocycles. The number of aliphatic hydroxyl groups is 7. The summed E-state index contributed by atoms with van der Waals surface area (Å²) in [4.78, 5) is 13.2. The number of carbonyl (C=O) groups is 1. The molecule has 9 atom stereocenters. The minimum atomic E-state index is -1.66. The molecule has 1 fully saturated rings. The van der Waals surface area contributed by atoms with E-state index in [0.29, 0.717) is 19.3 Å². The highest BCUT2D eigenvalue weighted by molar-refractivity contribution is 5.80.